The number of benzene rings is 1. The third-order valence-electron chi connectivity index (χ3n) is 1.87. The normalized spacial score (nSPS) is 12.8. The summed E-state index contributed by atoms with van der Waals surface area (Å²) in [4.78, 5) is 10.8. The van der Waals surface area contributed by atoms with Crippen molar-refractivity contribution in [2.45, 2.75) is 23.7 Å². The highest BCUT2D eigenvalue weighted by Gasteiger charge is 2.24. The summed E-state index contributed by atoms with van der Waals surface area (Å²) in [6.45, 7) is 1.55. The first kappa shape index (κ1) is 12.9. The van der Waals surface area contributed by atoms with Crippen LogP contribution in [0.1, 0.15) is 15.9 Å². The van der Waals surface area contributed by atoms with Crippen LogP contribution in [0.3, 0.4) is 0 Å². The summed E-state index contributed by atoms with van der Waals surface area (Å²) >= 11 is 0.236. The lowest BCUT2D eigenvalue weighted by atomic mass is 10.1. The van der Waals surface area contributed by atoms with Gasteiger partial charge in [-0.25, -0.2) is 18.0 Å². The Bertz CT molecular complexity index is 396. The molecule has 0 aliphatic rings. The van der Waals surface area contributed by atoms with E-state index in [0.29, 0.717) is 5.56 Å². The highest BCUT2D eigenvalue weighted by Crippen LogP contribution is 2.33. The molecular weight excluding hydrogens is 241 g/mol. The Kier molecular flexibility index (Phi) is 4.23. The molecule has 0 fully saturated rings. The number of aromatic carboxylic acids is 1. The zero-order valence-corrected chi connectivity index (χ0v) is 9.10. The van der Waals surface area contributed by atoms with Crippen LogP contribution in [0.5, 0.6) is 0 Å². The van der Waals surface area contributed by atoms with Crippen molar-refractivity contribution in [2.24, 2.45) is 0 Å². The predicted octanol–water partition coefficient (Wildman–Crippen LogP) is 3.35. The van der Waals surface area contributed by atoms with Gasteiger partial charge in [0.25, 0.3) is 6.43 Å². The number of aryl methyl sites for hydroxylation is 1. The van der Waals surface area contributed by atoms with E-state index in [4.69, 9.17) is 5.11 Å². The molecule has 0 radical (unpaired) electrons. The summed E-state index contributed by atoms with van der Waals surface area (Å²) in [5.41, 5.74) is -2.11. The summed E-state index contributed by atoms with van der Waals surface area (Å²) in [5, 5.41) is 8.82. The van der Waals surface area contributed by atoms with Gasteiger partial charge in [-0.15, -0.1) is 0 Å². The number of halogens is 3. The molecule has 0 spiro atoms. The van der Waals surface area contributed by atoms with Gasteiger partial charge in [-0.2, -0.15) is 0 Å². The first-order valence-electron chi connectivity index (χ1n) is 4.35. The van der Waals surface area contributed by atoms with E-state index in [-0.39, 0.29) is 22.2 Å². The number of carboxylic acids is 1. The van der Waals surface area contributed by atoms with Crippen LogP contribution in [0.4, 0.5) is 13.2 Å². The number of carboxylic acid groups (broad SMARTS) is 1. The van der Waals surface area contributed by atoms with E-state index in [1.807, 2.05) is 0 Å². The summed E-state index contributed by atoms with van der Waals surface area (Å²) in [7, 11) is 0. The van der Waals surface area contributed by atoms with Crippen LogP contribution in [0.2, 0.25) is 0 Å². The van der Waals surface area contributed by atoms with Crippen LogP contribution in [0, 0.1) is 6.92 Å². The van der Waals surface area contributed by atoms with Crippen molar-refractivity contribution >= 4 is 17.7 Å². The molecule has 88 valence electrons. The fourth-order valence-corrected chi connectivity index (χ4v) is 2.01. The number of hydrogen-bond acceptors (Lipinski definition) is 2. The van der Waals surface area contributed by atoms with Gasteiger partial charge in [-0.3, -0.25) is 0 Å². The van der Waals surface area contributed by atoms with Crippen molar-refractivity contribution in [3.8, 4) is 0 Å². The predicted molar refractivity (Wildman–Crippen MR) is 54.9 cm³/mol. The molecule has 0 heterocycles. The SMILES string of the molecule is Cc1cccc(C(=O)O)c1SC(F)C(F)F. The van der Waals surface area contributed by atoms with Crippen molar-refractivity contribution in [1.82, 2.24) is 0 Å². The smallest absolute Gasteiger partial charge is 0.336 e. The Labute approximate surface area is 94.5 Å². The lowest BCUT2D eigenvalue weighted by Crippen LogP contribution is -2.09. The summed E-state index contributed by atoms with van der Waals surface area (Å²) < 4.78 is 36.9. The van der Waals surface area contributed by atoms with Gasteiger partial charge in [-0.05, 0) is 18.6 Å². The molecule has 0 aromatic heterocycles. The van der Waals surface area contributed by atoms with Gasteiger partial charge in [0, 0.05) is 4.90 Å². The van der Waals surface area contributed by atoms with Crippen LogP contribution in [-0.2, 0) is 0 Å². The van der Waals surface area contributed by atoms with Crippen LogP contribution < -0.4 is 0 Å². The van der Waals surface area contributed by atoms with Crippen LogP contribution in [0.15, 0.2) is 23.1 Å². The number of thioether (sulfide) groups is 1. The molecule has 16 heavy (non-hydrogen) atoms. The van der Waals surface area contributed by atoms with Gasteiger partial charge in [0.2, 0.25) is 5.50 Å². The third kappa shape index (κ3) is 2.91. The molecule has 2 nitrogen and oxygen atoms in total. The molecular formula is C10H9F3O2S. The first-order valence-corrected chi connectivity index (χ1v) is 5.23. The summed E-state index contributed by atoms with van der Waals surface area (Å²) in [6.07, 6.45) is -3.13. The van der Waals surface area contributed by atoms with Crippen LogP contribution in [0.25, 0.3) is 0 Å². The molecule has 0 amide bonds. The highest BCUT2D eigenvalue weighted by atomic mass is 32.2. The van der Waals surface area contributed by atoms with Gasteiger partial charge < -0.3 is 5.11 Å². The summed E-state index contributed by atoms with van der Waals surface area (Å²) in [6, 6.07) is 4.29. The lowest BCUT2D eigenvalue weighted by Gasteiger charge is -2.11. The number of rotatable bonds is 4. The molecule has 1 rings (SSSR count). The van der Waals surface area contributed by atoms with Gasteiger partial charge >= 0.3 is 5.97 Å². The van der Waals surface area contributed by atoms with E-state index in [0.717, 1.165) is 0 Å². The van der Waals surface area contributed by atoms with E-state index in [9.17, 15) is 18.0 Å². The third-order valence-corrected chi connectivity index (χ3v) is 3.08. The minimum atomic E-state index is -3.13. The molecule has 1 aromatic rings. The van der Waals surface area contributed by atoms with E-state index in [1.54, 1.807) is 13.0 Å². The zero-order chi connectivity index (χ0) is 12.3. The molecule has 1 N–H and O–H groups in total. The number of hydrogen-bond donors (Lipinski definition) is 1. The molecule has 0 bridgehead atoms. The van der Waals surface area contributed by atoms with Gasteiger partial charge in [0.1, 0.15) is 0 Å². The standard InChI is InChI=1S/C10H9F3O2S/c1-5-3-2-4-6(10(14)15)7(5)16-9(13)8(11)12/h2-4,8-9H,1H3,(H,14,15). The average Bonchev–Trinajstić information content (AvgIpc) is 2.20. The quantitative estimate of drug-likeness (QED) is 0.833. The van der Waals surface area contributed by atoms with E-state index < -0.39 is 17.9 Å². The van der Waals surface area contributed by atoms with E-state index in [1.165, 1.54) is 12.1 Å². The Morgan fingerprint density at radius 2 is 2.00 bits per heavy atom. The number of carbonyl (C=O) groups is 1. The molecule has 1 atom stereocenters. The minimum absolute atomic E-state index is 0.0443. The van der Waals surface area contributed by atoms with Crippen molar-refractivity contribution in [3.63, 3.8) is 0 Å². The zero-order valence-electron chi connectivity index (χ0n) is 8.28. The number of alkyl halides is 3. The topological polar surface area (TPSA) is 37.3 Å². The molecule has 0 saturated heterocycles. The second-order valence-electron chi connectivity index (χ2n) is 3.06. The first-order chi connectivity index (χ1) is 7.43. The second-order valence-corrected chi connectivity index (χ2v) is 4.15. The van der Waals surface area contributed by atoms with Crippen molar-refractivity contribution in [1.29, 1.82) is 0 Å². The molecule has 0 aliphatic carbocycles. The fourth-order valence-electron chi connectivity index (χ4n) is 1.14. The van der Waals surface area contributed by atoms with Gasteiger partial charge in [-0.1, -0.05) is 23.9 Å². The summed E-state index contributed by atoms with van der Waals surface area (Å²) in [5.74, 6) is -1.26. The Hall–Kier alpha value is -1.17. The molecule has 1 unspecified atom stereocenters. The maximum Gasteiger partial charge on any atom is 0.336 e. The highest BCUT2D eigenvalue weighted by molar-refractivity contribution is 8.00. The molecule has 6 heteroatoms. The maximum atomic E-state index is 12.9. The van der Waals surface area contributed by atoms with Gasteiger partial charge in [0.15, 0.2) is 0 Å². The van der Waals surface area contributed by atoms with Crippen molar-refractivity contribution < 1.29 is 23.1 Å². The molecule has 0 saturated carbocycles. The minimum Gasteiger partial charge on any atom is -0.478 e. The van der Waals surface area contributed by atoms with E-state index >= 15 is 0 Å². The largest absolute Gasteiger partial charge is 0.478 e. The maximum absolute atomic E-state index is 12.9. The fraction of sp³-hybridized carbons (Fsp3) is 0.300. The lowest BCUT2D eigenvalue weighted by molar-refractivity contribution is 0.0692. The van der Waals surface area contributed by atoms with Crippen LogP contribution >= 0.6 is 11.8 Å². The monoisotopic (exact) mass is 250 g/mol. The van der Waals surface area contributed by atoms with Crippen molar-refractivity contribution in [3.05, 3.63) is 29.3 Å². The Morgan fingerprint density at radius 1 is 1.38 bits per heavy atom. The second kappa shape index (κ2) is 5.25. The molecule has 0 aliphatic heterocycles. The Balaban J connectivity index is 3.06. The van der Waals surface area contributed by atoms with Gasteiger partial charge in [0.05, 0.1) is 5.56 Å². The molecule has 1 aromatic carbocycles. The van der Waals surface area contributed by atoms with Crippen molar-refractivity contribution in [2.75, 3.05) is 0 Å². The Morgan fingerprint density at radius 3 is 2.50 bits per heavy atom. The van der Waals surface area contributed by atoms with E-state index in [2.05, 4.69) is 0 Å². The average molecular weight is 250 g/mol. The van der Waals surface area contributed by atoms with Crippen LogP contribution in [-0.4, -0.2) is 23.0 Å².